The van der Waals surface area contributed by atoms with Crippen molar-refractivity contribution < 1.29 is 13.3 Å². The molecule has 0 aliphatic carbocycles. The molecule has 2 aromatic carbocycles. The Bertz CT molecular complexity index is 769. The van der Waals surface area contributed by atoms with Crippen LogP contribution < -0.4 is 10.5 Å². The van der Waals surface area contributed by atoms with Crippen LogP contribution in [0.5, 0.6) is 0 Å². The van der Waals surface area contributed by atoms with Gasteiger partial charge in [0.05, 0.1) is 9.82 Å². The van der Waals surface area contributed by atoms with E-state index in [1.165, 1.54) is 12.1 Å². The summed E-state index contributed by atoms with van der Waals surface area (Å²) < 4.78 is 26.8. The number of nitro groups is 1. The van der Waals surface area contributed by atoms with E-state index < -0.39 is 14.9 Å². The smallest absolute Gasteiger partial charge is 0.269 e. The van der Waals surface area contributed by atoms with Crippen LogP contribution in [0.1, 0.15) is 18.5 Å². The van der Waals surface area contributed by atoms with Crippen LogP contribution >= 0.6 is 0 Å². The molecule has 0 aliphatic heterocycles. The molecule has 0 amide bonds. The third-order valence-electron chi connectivity index (χ3n) is 3.05. The molecule has 22 heavy (non-hydrogen) atoms. The third kappa shape index (κ3) is 3.60. The van der Waals surface area contributed by atoms with Gasteiger partial charge in [-0.3, -0.25) is 14.8 Å². The molecular formula is C14H15N3O4S. The van der Waals surface area contributed by atoms with Gasteiger partial charge in [0.1, 0.15) is 0 Å². The first-order valence-electron chi connectivity index (χ1n) is 6.42. The molecular weight excluding hydrogens is 306 g/mol. The van der Waals surface area contributed by atoms with E-state index in [2.05, 4.69) is 4.72 Å². The van der Waals surface area contributed by atoms with Gasteiger partial charge in [-0.25, -0.2) is 8.42 Å². The lowest BCUT2D eigenvalue weighted by atomic mass is 10.1. The van der Waals surface area contributed by atoms with Crippen LogP contribution in [0.15, 0.2) is 53.4 Å². The number of sulfonamides is 1. The number of nitrogens with zero attached hydrogens (tertiary/aromatic N) is 1. The average molecular weight is 321 g/mol. The lowest BCUT2D eigenvalue weighted by Gasteiger charge is -2.10. The average Bonchev–Trinajstić information content (AvgIpc) is 2.47. The van der Waals surface area contributed by atoms with E-state index in [1.54, 1.807) is 24.3 Å². The standard InChI is InChI=1S/C14H15N3O4S/c1-10(15)11-2-4-12(5-3-11)16-22(20,21)14-8-6-13(7-9-14)17(18)19/h2-10,16H,15H2,1H3/t10-/m0/s1. The molecule has 116 valence electrons. The Morgan fingerprint density at radius 3 is 2.09 bits per heavy atom. The number of nitrogens with one attached hydrogen (secondary N) is 1. The maximum Gasteiger partial charge on any atom is 0.269 e. The monoisotopic (exact) mass is 321 g/mol. The van der Waals surface area contributed by atoms with Gasteiger partial charge in [0.25, 0.3) is 15.7 Å². The van der Waals surface area contributed by atoms with Crippen molar-refractivity contribution in [3.05, 3.63) is 64.2 Å². The van der Waals surface area contributed by atoms with Crippen LogP contribution in [-0.2, 0) is 10.0 Å². The van der Waals surface area contributed by atoms with E-state index in [0.29, 0.717) is 5.69 Å². The van der Waals surface area contributed by atoms with Crippen LogP contribution in [0, 0.1) is 10.1 Å². The van der Waals surface area contributed by atoms with Crippen molar-refractivity contribution >= 4 is 21.4 Å². The molecule has 0 bridgehead atoms. The van der Waals surface area contributed by atoms with Gasteiger partial charge in [0.15, 0.2) is 0 Å². The normalized spacial score (nSPS) is 12.6. The molecule has 0 spiro atoms. The number of hydrogen-bond donors (Lipinski definition) is 2. The molecule has 3 N–H and O–H groups in total. The van der Waals surface area contributed by atoms with Crippen LogP contribution in [-0.4, -0.2) is 13.3 Å². The van der Waals surface area contributed by atoms with Crippen LogP contribution in [0.4, 0.5) is 11.4 Å². The Labute approximate surface area is 128 Å². The Hall–Kier alpha value is -2.45. The number of nitro benzene ring substituents is 1. The summed E-state index contributed by atoms with van der Waals surface area (Å²) in [6.07, 6.45) is 0. The number of benzene rings is 2. The van der Waals surface area contributed by atoms with E-state index in [4.69, 9.17) is 5.73 Å². The zero-order valence-electron chi connectivity index (χ0n) is 11.8. The fourth-order valence-electron chi connectivity index (χ4n) is 1.82. The fraction of sp³-hybridized carbons (Fsp3) is 0.143. The lowest BCUT2D eigenvalue weighted by molar-refractivity contribution is -0.384. The SMILES string of the molecule is C[C@H](N)c1ccc(NS(=O)(=O)c2ccc([N+](=O)[O-])cc2)cc1. The molecule has 0 saturated carbocycles. The predicted molar refractivity (Wildman–Crippen MR) is 82.9 cm³/mol. The highest BCUT2D eigenvalue weighted by molar-refractivity contribution is 7.92. The van der Waals surface area contributed by atoms with Crippen molar-refractivity contribution in [3.63, 3.8) is 0 Å². The first-order valence-corrected chi connectivity index (χ1v) is 7.91. The summed E-state index contributed by atoms with van der Waals surface area (Å²) in [6, 6.07) is 11.2. The lowest BCUT2D eigenvalue weighted by Crippen LogP contribution is -2.13. The van der Waals surface area contributed by atoms with E-state index in [9.17, 15) is 18.5 Å². The van der Waals surface area contributed by atoms with Crippen molar-refractivity contribution in [2.75, 3.05) is 4.72 Å². The number of rotatable bonds is 5. The molecule has 8 heteroatoms. The van der Waals surface area contributed by atoms with Crippen molar-refractivity contribution in [2.24, 2.45) is 5.73 Å². The Morgan fingerprint density at radius 1 is 1.09 bits per heavy atom. The Morgan fingerprint density at radius 2 is 1.64 bits per heavy atom. The maximum atomic E-state index is 12.2. The topological polar surface area (TPSA) is 115 Å². The van der Waals surface area contributed by atoms with Gasteiger partial charge in [-0.1, -0.05) is 12.1 Å². The highest BCUT2D eigenvalue weighted by atomic mass is 32.2. The van der Waals surface area contributed by atoms with Crippen LogP contribution in [0.2, 0.25) is 0 Å². The summed E-state index contributed by atoms with van der Waals surface area (Å²) in [5.41, 5.74) is 6.84. The first-order chi connectivity index (χ1) is 10.3. The van der Waals surface area contributed by atoms with E-state index in [0.717, 1.165) is 17.7 Å². The minimum atomic E-state index is -3.79. The van der Waals surface area contributed by atoms with Gasteiger partial charge in [-0.15, -0.1) is 0 Å². The second-order valence-electron chi connectivity index (χ2n) is 4.77. The summed E-state index contributed by atoms with van der Waals surface area (Å²) in [5.74, 6) is 0. The Kier molecular flexibility index (Phi) is 4.43. The Balaban J connectivity index is 2.21. The zero-order valence-corrected chi connectivity index (χ0v) is 12.6. The third-order valence-corrected chi connectivity index (χ3v) is 4.44. The van der Waals surface area contributed by atoms with Crippen molar-refractivity contribution in [3.8, 4) is 0 Å². The number of non-ortho nitro benzene ring substituents is 1. The molecule has 0 heterocycles. The van der Waals surface area contributed by atoms with E-state index in [1.807, 2.05) is 6.92 Å². The van der Waals surface area contributed by atoms with Gasteiger partial charge in [0, 0.05) is 23.9 Å². The second kappa shape index (κ2) is 6.12. The highest BCUT2D eigenvalue weighted by Gasteiger charge is 2.16. The van der Waals surface area contributed by atoms with Crippen molar-refractivity contribution in [1.29, 1.82) is 0 Å². The predicted octanol–water partition coefficient (Wildman–Crippen LogP) is 2.42. The largest absolute Gasteiger partial charge is 0.324 e. The minimum absolute atomic E-state index is 0.0469. The molecule has 0 aliphatic rings. The fourth-order valence-corrected chi connectivity index (χ4v) is 2.87. The summed E-state index contributed by atoms with van der Waals surface area (Å²) in [6.45, 7) is 1.83. The molecule has 2 rings (SSSR count). The summed E-state index contributed by atoms with van der Waals surface area (Å²) >= 11 is 0. The zero-order chi connectivity index (χ0) is 16.3. The quantitative estimate of drug-likeness (QED) is 0.648. The highest BCUT2D eigenvalue weighted by Crippen LogP contribution is 2.20. The maximum absolute atomic E-state index is 12.2. The number of nitrogens with two attached hydrogens (primary N) is 1. The summed E-state index contributed by atoms with van der Waals surface area (Å²) in [5, 5.41) is 10.6. The molecule has 0 fully saturated rings. The summed E-state index contributed by atoms with van der Waals surface area (Å²) in [7, 11) is -3.79. The molecule has 0 radical (unpaired) electrons. The molecule has 7 nitrogen and oxygen atoms in total. The molecule has 2 aromatic rings. The second-order valence-corrected chi connectivity index (χ2v) is 6.45. The molecule has 1 atom stereocenters. The van der Waals surface area contributed by atoms with Gasteiger partial charge in [-0.05, 0) is 36.8 Å². The van der Waals surface area contributed by atoms with Crippen molar-refractivity contribution in [2.45, 2.75) is 17.9 Å². The van der Waals surface area contributed by atoms with E-state index in [-0.39, 0.29) is 16.6 Å². The number of anilines is 1. The molecule has 0 saturated heterocycles. The molecule has 0 aromatic heterocycles. The van der Waals surface area contributed by atoms with E-state index >= 15 is 0 Å². The first kappa shape index (κ1) is 15.9. The molecule has 0 unspecified atom stereocenters. The van der Waals surface area contributed by atoms with Gasteiger partial charge >= 0.3 is 0 Å². The number of hydrogen-bond acceptors (Lipinski definition) is 5. The van der Waals surface area contributed by atoms with Gasteiger partial charge in [0.2, 0.25) is 0 Å². The minimum Gasteiger partial charge on any atom is -0.324 e. The van der Waals surface area contributed by atoms with Gasteiger partial charge in [-0.2, -0.15) is 0 Å². The van der Waals surface area contributed by atoms with Gasteiger partial charge < -0.3 is 5.73 Å². The van der Waals surface area contributed by atoms with Crippen molar-refractivity contribution in [1.82, 2.24) is 0 Å². The van der Waals surface area contributed by atoms with Crippen LogP contribution in [0.25, 0.3) is 0 Å². The van der Waals surface area contributed by atoms with Crippen LogP contribution in [0.3, 0.4) is 0 Å². The summed E-state index contributed by atoms with van der Waals surface area (Å²) in [4.78, 5) is 9.94.